The topological polar surface area (TPSA) is 94.2 Å². The van der Waals surface area contributed by atoms with Crippen molar-refractivity contribution < 1.29 is 27.4 Å². The highest BCUT2D eigenvalue weighted by molar-refractivity contribution is 7.92. The molecule has 3 rings (SSSR count). The molecule has 10 heteroatoms. The highest BCUT2D eigenvalue weighted by Crippen LogP contribution is 2.32. The molecule has 0 atom stereocenters. The average Bonchev–Trinajstić information content (AvgIpc) is 2.86. The van der Waals surface area contributed by atoms with Crippen LogP contribution in [0, 0.1) is 0 Å². The van der Waals surface area contributed by atoms with E-state index in [-0.39, 0.29) is 23.7 Å². The van der Waals surface area contributed by atoms with E-state index in [1.165, 1.54) is 24.3 Å². The van der Waals surface area contributed by atoms with Crippen molar-refractivity contribution in [2.75, 3.05) is 37.7 Å². The largest absolute Gasteiger partial charge is 0.493 e. The molecular weight excluding hydrogens is 492 g/mol. The SMILES string of the molecule is CCOc1ccccc1N(CC(=O)NCCOc1ccccc1OC)S(=O)(=O)c1ccc(Cl)cc1. The molecule has 3 aromatic rings. The number of sulfonamides is 1. The second-order valence-corrected chi connectivity index (χ2v) is 9.51. The summed E-state index contributed by atoms with van der Waals surface area (Å²) in [4.78, 5) is 12.8. The highest BCUT2D eigenvalue weighted by atomic mass is 35.5. The van der Waals surface area contributed by atoms with E-state index in [0.717, 1.165) is 4.31 Å². The number of hydrogen-bond acceptors (Lipinski definition) is 6. The van der Waals surface area contributed by atoms with Gasteiger partial charge in [0, 0.05) is 5.02 Å². The van der Waals surface area contributed by atoms with E-state index >= 15 is 0 Å². The van der Waals surface area contributed by atoms with E-state index in [4.69, 9.17) is 25.8 Å². The molecule has 0 saturated carbocycles. The molecule has 1 amide bonds. The lowest BCUT2D eigenvalue weighted by Crippen LogP contribution is -2.42. The van der Waals surface area contributed by atoms with Crippen LogP contribution in [-0.4, -0.2) is 47.7 Å². The first-order valence-corrected chi connectivity index (χ1v) is 12.7. The Morgan fingerprint density at radius 3 is 2.20 bits per heavy atom. The zero-order valence-electron chi connectivity index (χ0n) is 19.4. The Kier molecular flexibility index (Phi) is 9.22. The second-order valence-electron chi connectivity index (χ2n) is 7.22. The van der Waals surface area contributed by atoms with Gasteiger partial charge in [0.15, 0.2) is 11.5 Å². The van der Waals surface area contributed by atoms with Crippen LogP contribution in [0.2, 0.25) is 5.02 Å². The van der Waals surface area contributed by atoms with Crippen LogP contribution in [0.3, 0.4) is 0 Å². The molecule has 186 valence electrons. The van der Waals surface area contributed by atoms with Crippen molar-refractivity contribution in [1.29, 1.82) is 0 Å². The average molecular weight is 519 g/mol. The van der Waals surface area contributed by atoms with E-state index < -0.39 is 22.5 Å². The van der Waals surface area contributed by atoms with Crippen LogP contribution >= 0.6 is 11.6 Å². The molecule has 0 bridgehead atoms. The van der Waals surface area contributed by atoms with Gasteiger partial charge in [-0.15, -0.1) is 0 Å². The number of nitrogens with zero attached hydrogens (tertiary/aromatic N) is 1. The molecule has 0 heterocycles. The number of amides is 1. The summed E-state index contributed by atoms with van der Waals surface area (Å²) in [6.07, 6.45) is 0. The molecule has 0 aliphatic heterocycles. The summed E-state index contributed by atoms with van der Waals surface area (Å²) in [5, 5.41) is 3.10. The van der Waals surface area contributed by atoms with Crippen molar-refractivity contribution in [3.05, 3.63) is 77.8 Å². The number of nitrogens with one attached hydrogen (secondary N) is 1. The lowest BCUT2D eigenvalue weighted by molar-refractivity contribution is -0.119. The Morgan fingerprint density at radius 1 is 0.914 bits per heavy atom. The molecule has 8 nitrogen and oxygen atoms in total. The summed E-state index contributed by atoms with van der Waals surface area (Å²) < 4.78 is 44.6. The Hall–Kier alpha value is -3.43. The Morgan fingerprint density at radius 2 is 1.54 bits per heavy atom. The van der Waals surface area contributed by atoms with E-state index in [1.807, 2.05) is 12.1 Å². The lowest BCUT2D eigenvalue weighted by atomic mass is 10.3. The summed E-state index contributed by atoms with van der Waals surface area (Å²) in [6, 6.07) is 19.6. The molecule has 0 fully saturated rings. The monoisotopic (exact) mass is 518 g/mol. The van der Waals surface area contributed by atoms with Crippen LogP contribution in [-0.2, 0) is 14.8 Å². The van der Waals surface area contributed by atoms with Gasteiger partial charge in [0.1, 0.15) is 18.9 Å². The van der Waals surface area contributed by atoms with Gasteiger partial charge in [-0.3, -0.25) is 9.10 Å². The number of carbonyl (C=O) groups excluding carboxylic acids is 1. The number of ether oxygens (including phenoxy) is 3. The van der Waals surface area contributed by atoms with Gasteiger partial charge in [0.25, 0.3) is 10.0 Å². The lowest BCUT2D eigenvalue weighted by Gasteiger charge is -2.26. The van der Waals surface area contributed by atoms with E-state index in [1.54, 1.807) is 50.4 Å². The third kappa shape index (κ3) is 6.80. The Bertz CT molecular complexity index is 1230. The van der Waals surface area contributed by atoms with Gasteiger partial charge in [-0.05, 0) is 55.5 Å². The maximum atomic E-state index is 13.5. The number of para-hydroxylation sites is 4. The van der Waals surface area contributed by atoms with Crippen molar-refractivity contribution in [3.63, 3.8) is 0 Å². The van der Waals surface area contributed by atoms with Gasteiger partial charge in [-0.25, -0.2) is 8.42 Å². The molecule has 0 radical (unpaired) electrons. The van der Waals surface area contributed by atoms with Gasteiger partial charge < -0.3 is 19.5 Å². The van der Waals surface area contributed by atoms with E-state index in [2.05, 4.69) is 5.32 Å². The fourth-order valence-corrected chi connectivity index (χ4v) is 4.81. The minimum absolute atomic E-state index is 0.000470. The van der Waals surface area contributed by atoms with Crippen molar-refractivity contribution in [2.24, 2.45) is 0 Å². The molecule has 0 unspecified atom stereocenters. The first kappa shape index (κ1) is 26.2. The molecule has 0 aromatic heterocycles. The number of anilines is 1. The van der Waals surface area contributed by atoms with Gasteiger partial charge in [-0.2, -0.15) is 0 Å². The van der Waals surface area contributed by atoms with E-state index in [9.17, 15) is 13.2 Å². The summed E-state index contributed by atoms with van der Waals surface area (Å²) in [7, 11) is -2.56. The summed E-state index contributed by atoms with van der Waals surface area (Å²) in [5.41, 5.74) is 0.254. The van der Waals surface area contributed by atoms with Crippen LogP contribution < -0.4 is 23.8 Å². The van der Waals surface area contributed by atoms with Crippen molar-refractivity contribution >= 4 is 33.2 Å². The summed E-state index contributed by atoms with van der Waals surface area (Å²) >= 11 is 5.93. The van der Waals surface area contributed by atoms with Crippen LogP contribution in [0.15, 0.2) is 77.7 Å². The van der Waals surface area contributed by atoms with Crippen LogP contribution in [0.5, 0.6) is 17.2 Å². The molecular formula is C25H27ClN2O6S. The quantitative estimate of drug-likeness (QED) is 0.362. The molecule has 0 aliphatic rings. The molecule has 3 aromatic carbocycles. The molecule has 0 aliphatic carbocycles. The van der Waals surface area contributed by atoms with Gasteiger partial charge in [-0.1, -0.05) is 35.9 Å². The second kappa shape index (κ2) is 12.3. The predicted molar refractivity (Wildman–Crippen MR) is 135 cm³/mol. The molecule has 1 N–H and O–H groups in total. The van der Waals surface area contributed by atoms with Crippen molar-refractivity contribution in [1.82, 2.24) is 5.32 Å². The number of hydrogen-bond donors (Lipinski definition) is 1. The zero-order valence-corrected chi connectivity index (χ0v) is 21.0. The minimum Gasteiger partial charge on any atom is -0.493 e. The van der Waals surface area contributed by atoms with Crippen LogP contribution in [0.25, 0.3) is 0 Å². The molecule has 35 heavy (non-hydrogen) atoms. The normalized spacial score (nSPS) is 10.9. The fraction of sp³-hybridized carbons (Fsp3) is 0.240. The summed E-state index contributed by atoms with van der Waals surface area (Å²) in [5.74, 6) is 0.964. The van der Waals surface area contributed by atoms with Crippen molar-refractivity contribution in [2.45, 2.75) is 11.8 Å². The Labute approximate surface area is 210 Å². The molecule has 0 spiro atoms. The minimum atomic E-state index is -4.10. The van der Waals surface area contributed by atoms with Gasteiger partial charge >= 0.3 is 0 Å². The maximum Gasteiger partial charge on any atom is 0.264 e. The number of halogens is 1. The highest BCUT2D eigenvalue weighted by Gasteiger charge is 2.29. The zero-order chi connectivity index (χ0) is 25.3. The van der Waals surface area contributed by atoms with Crippen LogP contribution in [0.4, 0.5) is 5.69 Å². The van der Waals surface area contributed by atoms with Gasteiger partial charge in [0.2, 0.25) is 5.91 Å². The number of carbonyl (C=O) groups is 1. The van der Waals surface area contributed by atoms with Crippen molar-refractivity contribution in [3.8, 4) is 17.2 Å². The Balaban J connectivity index is 1.77. The standard InChI is InChI=1S/C25H27ClN2O6S/c1-3-33-22-9-5-4-8-21(22)28(35(30,31)20-14-12-19(26)13-15-20)18-25(29)27-16-17-34-24-11-7-6-10-23(24)32-2/h4-15H,3,16-18H2,1-2H3,(H,27,29). The fourth-order valence-electron chi connectivity index (χ4n) is 3.25. The number of benzene rings is 3. The first-order chi connectivity index (χ1) is 16.9. The maximum absolute atomic E-state index is 13.5. The van der Waals surface area contributed by atoms with Gasteiger partial charge in [0.05, 0.1) is 30.8 Å². The summed E-state index contributed by atoms with van der Waals surface area (Å²) in [6.45, 7) is 2.01. The van der Waals surface area contributed by atoms with Crippen LogP contribution in [0.1, 0.15) is 6.92 Å². The number of methoxy groups -OCH3 is 1. The van der Waals surface area contributed by atoms with E-state index in [0.29, 0.717) is 28.9 Å². The smallest absolute Gasteiger partial charge is 0.264 e. The third-order valence-electron chi connectivity index (χ3n) is 4.87. The third-order valence-corrected chi connectivity index (χ3v) is 6.90. The molecule has 0 saturated heterocycles. The number of rotatable bonds is 12. The predicted octanol–water partition coefficient (Wildman–Crippen LogP) is 4.14. The first-order valence-electron chi connectivity index (χ1n) is 10.9.